The Balaban J connectivity index is 0.000000187. The average Bonchev–Trinajstić information content (AvgIpc) is 1.62. The van der Waals surface area contributed by atoms with E-state index in [1.807, 2.05) is 194 Å². The molecule has 111 heavy (non-hydrogen) atoms. The number of ether oxygens (including phenoxy) is 4. The van der Waals surface area contributed by atoms with Crippen LogP contribution in [0.2, 0.25) is 5.15 Å². The lowest BCUT2D eigenvalue weighted by atomic mass is 9.72. The normalized spacial score (nSPS) is 15.3. The molecule has 4 aromatic carbocycles. The van der Waals surface area contributed by atoms with Gasteiger partial charge in [0.1, 0.15) is 39.0 Å². The Labute approximate surface area is 652 Å². The maximum Gasteiger partial charge on any atom is 0.494 e. The third-order valence-electron chi connectivity index (χ3n) is 19.4. The molecule has 0 unspecified atom stereocenters. The number of amides is 4. The van der Waals surface area contributed by atoms with E-state index < -0.39 is 87.7 Å². The van der Waals surface area contributed by atoms with E-state index in [1.54, 1.807) is 56.6 Å². The molecule has 4 amide bonds. The van der Waals surface area contributed by atoms with Crippen molar-refractivity contribution in [2.24, 2.45) is 0 Å². The Morgan fingerprint density at radius 3 is 1.32 bits per heavy atom. The number of fused-ring (bicyclic) bond motifs is 2. The summed E-state index contributed by atoms with van der Waals surface area (Å²) in [6.45, 7) is 27.8. The Morgan fingerprint density at radius 1 is 0.505 bits per heavy atom. The number of anilines is 4. The number of nitrogens with one attached hydrogen (secondary N) is 4. The van der Waals surface area contributed by atoms with Gasteiger partial charge in [-0.2, -0.15) is 0 Å². The van der Waals surface area contributed by atoms with Crippen molar-refractivity contribution in [1.82, 2.24) is 49.7 Å². The van der Waals surface area contributed by atoms with Gasteiger partial charge in [0.15, 0.2) is 34.1 Å². The largest absolute Gasteiger partial charge is 0.494 e. The van der Waals surface area contributed by atoms with E-state index >= 15 is 0 Å². The van der Waals surface area contributed by atoms with Crippen molar-refractivity contribution in [3.8, 4) is 45.4 Å². The van der Waals surface area contributed by atoms with Crippen LogP contribution < -0.4 is 38.2 Å². The summed E-state index contributed by atoms with van der Waals surface area (Å²) in [5.41, 5.74) is 17.8. The zero-order chi connectivity index (χ0) is 79.7. The monoisotopic (exact) mass is 1530 g/mol. The molecule has 1 saturated heterocycles. The number of esters is 2. The minimum Gasteiger partial charge on any atom is -0.450 e. The van der Waals surface area contributed by atoms with E-state index in [-0.39, 0.29) is 7.43 Å². The van der Waals surface area contributed by atoms with Gasteiger partial charge in [0.2, 0.25) is 0 Å². The second-order valence-electron chi connectivity index (χ2n) is 31.6. The molecule has 0 bridgehead atoms. The van der Waals surface area contributed by atoms with E-state index in [0.29, 0.717) is 79.0 Å². The maximum absolute atomic E-state index is 12.9. The molecular weight excluding hydrogens is 1430 g/mol. The minimum absolute atomic E-state index is 0. The van der Waals surface area contributed by atoms with Crippen LogP contribution in [0.15, 0.2) is 158 Å². The highest BCUT2D eigenvalue weighted by Gasteiger charge is 2.52. The van der Waals surface area contributed by atoms with Crippen molar-refractivity contribution in [3.05, 3.63) is 174 Å². The number of hydrogen-bond donors (Lipinski definition) is 6. The van der Waals surface area contributed by atoms with Crippen molar-refractivity contribution in [1.29, 1.82) is 0 Å². The second-order valence-corrected chi connectivity index (χ2v) is 31.9. The summed E-state index contributed by atoms with van der Waals surface area (Å²) in [5.74, 6) is -0.0218. The van der Waals surface area contributed by atoms with Crippen LogP contribution in [-0.2, 0) is 58.5 Å². The highest BCUT2D eigenvalue weighted by atomic mass is 35.5. The van der Waals surface area contributed by atoms with Gasteiger partial charge >= 0.3 is 31.2 Å². The maximum atomic E-state index is 12.9. The molecule has 582 valence electrons. The summed E-state index contributed by atoms with van der Waals surface area (Å²) in [5, 5.41) is 12.2. The summed E-state index contributed by atoms with van der Waals surface area (Å²) in [6.07, 6.45) is 7.79. The van der Waals surface area contributed by atoms with Crippen molar-refractivity contribution >= 4 is 105 Å². The molecule has 13 rings (SSSR count). The minimum atomic E-state index is -1.35. The van der Waals surface area contributed by atoms with E-state index in [9.17, 15) is 28.8 Å². The molecule has 3 aliphatic rings. The number of carbonyl (C=O) groups is 6. The predicted molar refractivity (Wildman–Crippen MR) is 431 cm³/mol. The average molecular weight is 1530 g/mol. The van der Waals surface area contributed by atoms with Crippen molar-refractivity contribution in [2.45, 2.75) is 201 Å². The van der Waals surface area contributed by atoms with Gasteiger partial charge in [0.25, 0.3) is 11.8 Å². The van der Waals surface area contributed by atoms with Crippen molar-refractivity contribution in [3.63, 3.8) is 0 Å². The number of benzene rings is 4. The van der Waals surface area contributed by atoms with Gasteiger partial charge in [-0.3, -0.25) is 28.3 Å². The lowest BCUT2D eigenvalue weighted by Crippen LogP contribution is -2.52. The molecule has 26 nitrogen and oxygen atoms in total. The SMILES string of the molecule is C.CC(=O)OC(C)(C)C(=O)Nc1cccc(-c2ccc3nc(-c4cccnc4N)n(-c4ccc(C5(NC(=O)OC(C)(C)C)CCC5)cc4)c3n2)c1.CC(=O)OC(C)(C)C(=O)Nc1cccc(B2OC(C)(C)C(C)(C)O2)c1.CC(C)(C)OC(=O)NC1(c2ccc(-n3c(-c4cccnc4N)nc4ccc(Cl)nc43)cc2)CCC1. The molecule has 28 heteroatoms. The number of nitrogen functional groups attached to an aromatic ring is 2. The summed E-state index contributed by atoms with van der Waals surface area (Å²) in [7, 11) is -0.511. The molecule has 0 spiro atoms. The number of nitrogens with zero attached hydrogens (tertiary/aromatic N) is 8. The smallest absolute Gasteiger partial charge is 0.450 e. The number of rotatable bonds is 16. The number of carbonyl (C=O) groups excluding carboxylic acids is 6. The zero-order valence-corrected chi connectivity index (χ0v) is 65.6. The summed E-state index contributed by atoms with van der Waals surface area (Å²) in [6, 6.07) is 45.2. The first-order chi connectivity index (χ1) is 51.6. The molecule has 6 aromatic heterocycles. The van der Waals surface area contributed by atoms with Gasteiger partial charge in [-0.1, -0.05) is 67.6 Å². The van der Waals surface area contributed by atoms with Gasteiger partial charge in [0.05, 0.1) is 39.1 Å². The topological polar surface area (TPSA) is 345 Å². The van der Waals surface area contributed by atoms with Crippen LogP contribution in [0.4, 0.5) is 32.6 Å². The number of nitrogens with two attached hydrogens (primary N) is 2. The third kappa shape index (κ3) is 18.8. The van der Waals surface area contributed by atoms with Gasteiger partial charge in [-0.25, -0.2) is 39.5 Å². The number of pyridine rings is 4. The van der Waals surface area contributed by atoms with Gasteiger partial charge in [-0.15, -0.1) is 0 Å². The van der Waals surface area contributed by atoms with E-state index in [2.05, 4.69) is 36.2 Å². The van der Waals surface area contributed by atoms with E-state index in [4.69, 9.17) is 66.3 Å². The molecular formula is C83H98BClN14O12. The molecule has 0 atom stereocenters. The Hall–Kier alpha value is -11.3. The van der Waals surface area contributed by atoms with E-state index in [1.165, 1.54) is 27.7 Å². The van der Waals surface area contributed by atoms with E-state index in [0.717, 1.165) is 72.1 Å². The summed E-state index contributed by atoms with van der Waals surface area (Å²) < 4.78 is 37.3. The summed E-state index contributed by atoms with van der Waals surface area (Å²) >= 11 is 6.23. The number of halogens is 1. The highest BCUT2D eigenvalue weighted by molar-refractivity contribution is 6.62. The molecule has 8 N–H and O–H groups in total. The van der Waals surface area contributed by atoms with Gasteiger partial charge < -0.3 is 61.0 Å². The lowest BCUT2D eigenvalue weighted by Gasteiger charge is -2.43. The molecule has 2 aliphatic carbocycles. The molecule has 10 aromatic rings. The van der Waals surface area contributed by atoms with Crippen molar-refractivity contribution < 1.29 is 57.0 Å². The number of hydrogen-bond acceptors (Lipinski definition) is 20. The number of alkyl carbamates (subject to hydrolysis) is 2. The first kappa shape index (κ1) is 82.2. The summed E-state index contributed by atoms with van der Waals surface area (Å²) in [4.78, 5) is 101. The molecule has 1 aliphatic heterocycles. The van der Waals surface area contributed by atoms with Crippen LogP contribution in [-0.4, -0.2) is 116 Å². The molecule has 7 heterocycles. The molecule has 0 radical (unpaired) electrons. The quantitative estimate of drug-likeness (QED) is 0.0226. The third-order valence-corrected chi connectivity index (χ3v) is 19.6. The molecule has 2 saturated carbocycles. The highest BCUT2D eigenvalue weighted by Crippen LogP contribution is 2.45. The predicted octanol–water partition coefficient (Wildman–Crippen LogP) is 15.4. The fourth-order valence-corrected chi connectivity index (χ4v) is 13.0. The second kappa shape index (κ2) is 32.0. The van der Waals surface area contributed by atoms with Gasteiger partial charge in [-0.05, 0) is 249 Å². The molecule has 3 fully saturated rings. The first-order valence-electron chi connectivity index (χ1n) is 36.3. The van der Waals surface area contributed by atoms with Crippen molar-refractivity contribution in [2.75, 3.05) is 22.1 Å². The van der Waals surface area contributed by atoms with Crippen LogP contribution >= 0.6 is 11.6 Å². The van der Waals surface area contributed by atoms with Crippen LogP contribution in [0.3, 0.4) is 0 Å². The van der Waals surface area contributed by atoms with Gasteiger partial charge in [0, 0.05) is 54.6 Å². The Kier molecular flexibility index (Phi) is 23.7. The fourth-order valence-electron chi connectivity index (χ4n) is 12.9. The number of aromatic nitrogens is 8. The van der Waals surface area contributed by atoms with Crippen LogP contribution in [0, 0.1) is 0 Å². The van der Waals surface area contributed by atoms with Crippen LogP contribution in [0.25, 0.3) is 67.7 Å². The standard InChI is InChI=1S/C38H41N7O5.C26H27ClN6O2.C18H26BNO5.CH4/c1-23(46)49-37(5,6)34(47)41-26-11-7-10-24(22-26)29-17-18-30-33(42-29)45(32(43-30)28-12-8-21-40-31(28)39)27-15-13-25(14-16-27)38(19-9-20-38)44-35(48)50-36(2,3)4;1-25(2,3)35-24(34)32-26(13-5-14-26)16-7-9-17(10-8-16)33-22(18-6-4-15-29-21(18)28)30-19-11-12-20(27)31-23(19)33;1-12(21)23-16(2,3)15(22)20-14-10-8-9-13(11-14)19-24-17(4,5)18(6,7)25-19;/h7-8,10-18,21-22H,9,19-20H2,1-6H3,(H2,39,40)(H,41,47)(H,44,48);4,6-12,15H,5,13-14H2,1-3H3,(H2,28,29)(H,32,34);8-11H,1-7H3,(H,20,22);1H4. The number of imidazole rings is 2. The fraction of sp³-hybridized carbons (Fsp3) is 0.373. The Morgan fingerprint density at radius 2 is 0.919 bits per heavy atom. The first-order valence-corrected chi connectivity index (χ1v) is 36.7. The van der Waals surface area contributed by atoms with Crippen LogP contribution in [0.5, 0.6) is 0 Å². The zero-order valence-electron chi connectivity index (χ0n) is 64.8. The van der Waals surface area contributed by atoms with Crippen LogP contribution in [0.1, 0.15) is 168 Å². The lowest BCUT2D eigenvalue weighted by molar-refractivity contribution is -0.160. The Bertz CT molecular complexity index is 5120.